The van der Waals surface area contributed by atoms with Crippen molar-refractivity contribution in [3.8, 4) is 0 Å². The first kappa shape index (κ1) is 17.2. The average Bonchev–Trinajstić information content (AvgIpc) is 2.96. The minimum Gasteiger partial charge on any atom is -0.362 e. The topological polar surface area (TPSA) is 52.9 Å². The summed E-state index contributed by atoms with van der Waals surface area (Å²) >= 11 is 0. The van der Waals surface area contributed by atoms with Crippen molar-refractivity contribution in [2.24, 2.45) is 5.10 Å². The summed E-state index contributed by atoms with van der Waals surface area (Å²) in [5.74, 6) is -0.919. The van der Waals surface area contributed by atoms with Crippen molar-refractivity contribution in [1.29, 1.82) is 0 Å². The fraction of sp³-hybridized carbons (Fsp3) is 0.222. The summed E-state index contributed by atoms with van der Waals surface area (Å²) in [6, 6.07) is 16.5. The van der Waals surface area contributed by atoms with Gasteiger partial charge in [0.1, 0.15) is 0 Å². The van der Waals surface area contributed by atoms with Gasteiger partial charge in [0.05, 0.1) is 18.6 Å². The van der Waals surface area contributed by atoms with Gasteiger partial charge >= 0.3 is 6.18 Å². The van der Waals surface area contributed by atoms with E-state index in [1.165, 1.54) is 0 Å². The normalized spacial score (nSPS) is 20.5. The lowest BCUT2D eigenvalue weighted by atomic mass is 10.0. The lowest BCUT2D eigenvalue weighted by Crippen LogP contribution is -2.57. The first-order valence-electron chi connectivity index (χ1n) is 7.60. The highest BCUT2D eigenvalue weighted by Crippen LogP contribution is 2.41. The lowest BCUT2D eigenvalue weighted by Gasteiger charge is -2.32. The van der Waals surface area contributed by atoms with E-state index in [-0.39, 0.29) is 17.1 Å². The predicted molar refractivity (Wildman–Crippen MR) is 85.6 cm³/mol. The summed E-state index contributed by atoms with van der Waals surface area (Å²) in [6.07, 6.45) is -6.12. The van der Waals surface area contributed by atoms with E-state index >= 15 is 0 Å². The number of hydrogen-bond donors (Lipinski definition) is 1. The molecule has 3 rings (SSSR count). The number of aliphatic hydroxyl groups is 1. The van der Waals surface area contributed by atoms with Gasteiger partial charge < -0.3 is 5.11 Å². The molecular weight excluding hydrogens is 333 g/mol. The third-order valence-corrected chi connectivity index (χ3v) is 3.98. The van der Waals surface area contributed by atoms with Crippen LogP contribution in [0.25, 0.3) is 0 Å². The summed E-state index contributed by atoms with van der Waals surface area (Å²) in [5, 5.41) is 14.2. The second-order valence-corrected chi connectivity index (χ2v) is 5.77. The summed E-state index contributed by atoms with van der Waals surface area (Å²) in [4.78, 5) is 12.4. The Morgan fingerprint density at radius 1 is 1.08 bits per heavy atom. The molecule has 0 unspecified atom stereocenters. The molecule has 130 valence electrons. The fourth-order valence-electron chi connectivity index (χ4n) is 2.67. The highest BCUT2D eigenvalue weighted by molar-refractivity contribution is 6.03. The van der Waals surface area contributed by atoms with Gasteiger partial charge in [-0.1, -0.05) is 60.7 Å². The van der Waals surface area contributed by atoms with Crippen LogP contribution >= 0.6 is 0 Å². The van der Waals surface area contributed by atoms with Gasteiger partial charge in [0.2, 0.25) is 5.91 Å². The predicted octanol–water partition coefficient (Wildman–Crippen LogP) is 3.12. The molecule has 1 aliphatic rings. The van der Waals surface area contributed by atoms with Gasteiger partial charge in [-0.2, -0.15) is 23.3 Å². The number of hydrazone groups is 1. The molecule has 0 aromatic heterocycles. The molecule has 0 radical (unpaired) electrons. The minimum absolute atomic E-state index is 0.0156. The van der Waals surface area contributed by atoms with Crippen LogP contribution < -0.4 is 0 Å². The molecule has 0 spiro atoms. The Kier molecular flexibility index (Phi) is 4.34. The zero-order valence-electron chi connectivity index (χ0n) is 13.1. The van der Waals surface area contributed by atoms with Gasteiger partial charge in [-0.3, -0.25) is 4.79 Å². The van der Waals surface area contributed by atoms with Crippen LogP contribution in [0.15, 0.2) is 65.8 Å². The number of carbonyl (C=O) groups excluding carboxylic acids is 1. The molecule has 2 aromatic rings. The molecule has 25 heavy (non-hydrogen) atoms. The van der Waals surface area contributed by atoms with Crippen molar-refractivity contribution in [1.82, 2.24) is 5.01 Å². The van der Waals surface area contributed by atoms with Gasteiger partial charge in [0.15, 0.2) is 0 Å². The maximum absolute atomic E-state index is 13.5. The molecule has 7 heteroatoms. The number of alkyl halides is 3. The van der Waals surface area contributed by atoms with Crippen LogP contribution in [0.2, 0.25) is 0 Å². The molecule has 1 heterocycles. The van der Waals surface area contributed by atoms with Crippen LogP contribution in [-0.4, -0.2) is 33.6 Å². The van der Waals surface area contributed by atoms with Crippen LogP contribution in [0.4, 0.5) is 13.2 Å². The van der Waals surface area contributed by atoms with Gasteiger partial charge in [-0.05, 0) is 11.1 Å². The second kappa shape index (κ2) is 6.33. The molecule has 2 aromatic carbocycles. The van der Waals surface area contributed by atoms with Gasteiger partial charge in [-0.25, -0.2) is 0 Å². The Balaban J connectivity index is 1.94. The number of halogens is 3. The number of amides is 1. The molecule has 0 saturated heterocycles. The molecule has 4 nitrogen and oxygen atoms in total. The number of rotatable bonds is 3. The summed E-state index contributed by atoms with van der Waals surface area (Å²) in [5.41, 5.74) is -2.35. The largest absolute Gasteiger partial charge is 0.438 e. The van der Waals surface area contributed by atoms with Crippen molar-refractivity contribution in [2.45, 2.75) is 24.7 Å². The number of hydrogen-bond acceptors (Lipinski definition) is 3. The van der Waals surface area contributed by atoms with Crippen molar-refractivity contribution in [3.63, 3.8) is 0 Å². The van der Waals surface area contributed by atoms with Crippen molar-refractivity contribution in [2.75, 3.05) is 0 Å². The molecule has 1 N–H and O–H groups in total. The first-order valence-corrected chi connectivity index (χ1v) is 7.60. The third kappa shape index (κ3) is 3.28. The quantitative estimate of drug-likeness (QED) is 0.927. The van der Waals surface area contributed by atoms with Gasteiger partial charge in [0, 0.05) is 0 Å². The monoisotopic (exact) mass is 348 g/mol. The SMILES string of the molecule is O=C(Cc1ccccc1)N1N=C(c2ccccc2)C[C@@]1(O)C(F)(F)F. The van der Waals surface area contributed by atoms with E-state index in [1.54, 1.807) is 60.7 Å². The van der Waals surface area contributed by atoms with Crippen molar-refractivity contribution < 1.29 is 23.1 Å². The number of carbonyl (C=O) groups is 1. The van der Waals surface area contributed by atoms with E-state index in [1.807, 2.05) is 0 Å². The van der Waals surface area contributed by atoms with E-state index in [0.717, 1.165) is 0 Å². The summed E-state index contributed by atoms with van der Waals surface area (Å²) in [7, 11) is 0. The van der Waals surface area contributed by atoms with Crippen LogP contribution in [-0.2, 0) is 11.2 Å². The lowest BCUT2D eigenvalue weighted by molar-refractivity contribution is -0.302. The Bertz CT molecular complexity index is 791. The zero-order chi connectivity index (χ0) is 18.1. The number of benzene rings is 2. The summed E-state index contributed by atoms with van der Waals surface area (Å²) < 4.78 is 40.4. The van der Waals surface area contributed by atoms with E-state index in [0.29, 0.717) is 11.1 Å². The van der Waals surface area contributed by atoms with E-state index in [2.05, 4.69) is 5.10 Å². The highest BCUT2D eigenvalue weighted by Gasteiger charge is 2.63. The second-order valence-electron chi connectivity index (χ2n) is 5.77. The van der Waals surface area contributed by atoms with E-state index in [4.69, 9.17) is 0 Å². The summed E-state index contributed by atoms with van der Waals surface area (Å²) in [6.45, 7) is 0. The van der Waals surface area contributed by atoms with Crippen LogP contribution in [0, 0.1) is 0 Å². The van der Waals surface area contributed by atoms with E-state index < -0.39 is 24.2 Å². The Hall–Kier alpha value is -2.67. The number of nitrogens with zero attached hydrogens (tertiary/aromatic N) is 2. The van der Waals surface area contributed by atoms with E-state index in [9.17, 15) is 23.1 Å². The minimum atomic E-state index is -5.03. The maximum Gasteiger partial charge on any atom is 0.438 e. The third-order valence-electron chi connectivity index (χ3n) is 3.98. The smallest absolute Gasteiger partial charge is 0.362 e. The molecule has 0 aliphatic carbocycles. The first-order chi connectivity index (χ1) is 11.8. The van der Waals surface area contributed by atoms with Gasteiger partial charge in [0.25, 0.3) is 5.72 Å². The molecule has 0 saturated carbocycles. The maximum atomic E-state index is 13.5. The van der Waals surface area contributed by atoms with Crippen LogP contribution in [0.5, 0.6) is 0 Å². The van der Waals surface area contributed by atoms with Crippen molar-refractivity contribution >= 4 is 11.6 Å². The van der Waals surface area contributed by atoms with Crippen LogP contribution in [0.3, 0.4) is 0 Å². The molecule has 1 amide bonds. The standard InChI is InChI=1S/C18H15F3N2O2/c19-18(20,21)17(25)12-15(14-9-5-2-6-10-14)22-23(17)16(24)11-13-7-3-1-4-8-13/h1-10,25H,11-12H2/t17-/m1/s1. The molecule has 0 fully saturated rings. The Morgan fingerprint density at radius 3 is 2.20 bits per heavy atom. The molecule has 1 atom stereocenters. The molecule has 1 aliphatic heterocycles. The van der Waals surface area contributed by atoms with Gasteiger partial charge in [-0.15, -0.1) is 0 Å². The Labute approximate surface area is 142 Å². The molecular formula is C18H15F3N2O2. The fourth-order valence-corrected chi connectivity index (χ4v) is 2.67. The van der Waals surface area contributed by atoms with Crippen LogP contribution in [0.1, 0.15) is 17.5 Å². The molecule has 0 bridgehead atoms. The zero-order valence-corrected chi connectivity index (χ0v) is 13.1. The Morgan fingerprint density at radius 2 is 1.64 bits per heavy atom. The van der Waals surface area contributed by atoms with Crippen molar-refractivity contribution in [3.05, 3.63) is 71.8 Å². The average molecular weight is 348 g/mol. The highest BCUT2D eigenvalue weighted by atomic mass is 19.4.